The van der Waals surface area contributed by atoms with Gasteiger partial charge >= 0.3 is 0 Å². The first-order chi connectivity index (χ1) is 9.56. The molecule has 1 aromatic carbocycles. The lowest BCUT2D eigenvalue weighted by Gasteiger charge is -2.29. The van der Waals surface area contributed by atoms with E-state index in [4.69, 9.17) is 11.6 Å². The van der Waals surface area contributed by atoms with Crippen molar-refractivity contribution in [2.24, 2.45) is 0 Å². The van der Waals surface area contributed by atoms with Crippen LogP contribution in [0.4, 0.5) is 0 Å². The molecule has 1 heterocycles. The van der Waals surface area contributed by atoms with Crippen molar-refractivity contribution < 1.29 is 4.79 Å². The maximum Gasteiger partial charge on any atom is 0.236 e. The first-order valence-corrected chi connectivity index (χ1v) is 7.84. The lowest BCUT2D eigenvalue weighted by Crippen LogP contribution is -2.49. The van der Waals surface area contributed by atoms with E-state index in [-0.39, 0.29) is 18.3 Å². The number of hydrogen-bond acceptors (Lipinski definition) is 3. The van der Waals surface area contributed by atoms with Crippen LogP contribution in [0.3, 0.4) is 0 Å². The van der Waals surface area contributed by atoms with Crippen LogP contribution in [0.15, 0.2) is 22.7 Å². The standard InChI is InChI=1S/C14H19BrClN3O.ClH/c1-18(9-11-2-3-12(16)8-13(11)15)10-14(20)19-6-4-17-5-7-19;/h2-3,8,17H,4-7,9-10H2,1H3;1H. The van der Waals surface area contributed by atoms with Crippen molar-refractivity contribution in [2.75, 3.05) is 39.8 Å². The summed E-state index contributed by atoms with van der Waals surface area (Å²) in [6.07, 6.45) is 0. The lowest BCUT2D eigenvalue weighted by atomic mass is 10.2. The molecule has 0 aromatic heterocycles. The summed E-state index contributed by atoms with van der Waals surface area (Å²) in [7, 11) is 1.96. The Morgan fingerprint density at radius 3 is 2.71 bits per heavy atom. The Labute approximate surface area is 145 Å². The molecule has 1 N–H and O–H groups in total. The van der Waals surface area contributed by atoms with Gasteiger partial charge in [0.25, 0.3) is 0 Å². The van der Waals surface area contributed by atoms with Crippen molar-refractivity contribution in [1.29, 1.82) is 0 Å². The van der Waals surface area contributed by atoms with E-state index in [2.05, 4.69) is 21.2 Å². The van der Waals surface area contributed by atoms with E-state index in [0.29, 0.717) is 11.6 Å². The largest absolute Gasteiger partial charge is 0.339 e. The van der Waals surface area contributed by atoms with Crippen LogP contribution in [0, 0.1) is 0 Å². The molecule has 1 saturated heterocycles. The SMILES string of the molecule is CN(CC(=O)N1CCNCC1)Cc1ccc(Cl)cc1Br.Cl. The molecule has 0 aliphatic carbocycles. The predicted molar refractivity (Wildman–Crippen MR) is 92.2 cm³/mol. The lowest BCUT2D eigenvalue weighted by molar-refractivity contribution is -0.132. The molecule has 118 valence electrons. The molecular weight excluding hydrogens is 377 g/mol. The molecule has 0 unspecified atom stereocenters. The van der Waals surface area contributed by atoms with Crippen molar-refractivity contribution in [3.63, 3.8) is 0 Å². The van der Waals surface area contributed by atoms with Gasteiger partial charge in [-0.3, -0.25) is 9.69 Å². The van der Waals surface area contributed by atoms with Crippen LogP contribution < -0.4 is 5.32 Å². The summed E-state index contributed by atoms with van der Waals surface area (Å²) < 4.78 is 0.978. The Hall–Kier alpha value is -0.330. The van der Waals surface area contributed by atoms with Crippen LogP contribution in [0.5, 0.6) is 0 Å². The van der Waals surface area contributed by atoms with Gasteiger partial charge in [0.1, 0.15) is 0 Å². The molecule has 1 amide bonds. The van der Waals surface area contributed by atoms with Gasteiger partial charge in [0.2, 0.25) is 5.91 Å². The second-order valence-corrected chi connectivity index (χ2v) is 6.33. The van der Waals surface area contributed by atoms with Gasteiger partial charge in [-0.15, -0.1) is 12.4 Å². The van der Waals surface area contributed by atoms with Crippen LogP contribution in [0.2, 0.25) is 5.02 Å². The Morgan fingerprint density at radius 2 is 2.10 bits per heavy atom. The fraction of sp³-hybridized carbons (Fsp3) is 0.500. The molecule has 7 heteroatoms. The first-order valence-electron chi connectivity index (χ1n) is 6.67. The molecule has 2 rings (SSSR count). The van der Waals surface area contributed by atoms with Crippen LogP contribution >= 0.6 is 39.9 Å². The number of likely N-dealkylation sites (N-methyl/N-ethyl adjacent to an activating group) is 1. The molecule has 0 spiro atoms. The van der Waals surface area contributed by atoms with Gasteiger partial charge in [-0.2, -0.15) is 0 Å². The number of halogens is 3. The summed E-state index contributed by atoms with van der Waals surface area (Å²) in [5.41, 5.74) is 1.13. The zero-order valence-corrected chi connectivity index (χ0v) is 15.1. The Balaban J connectivity index is 0.00000220. The zero-order chi connectivity index (χ0) is 14.5. The van der Waals surface area contributed by atoms with Crippen molar-refractivity contribution in [3.05, 3.63) is 33.3 Å². The monoisotopic (exact) mass is 395 g/mol. The maximum atomic E-state index is 12.2. The molecule has 1 aliphatic heterocycles. The summed E-state index contributed by atoms with van der Waals surface area (Å²) in [5.74, 6) is 0.194. The summed E-state index contributed by atoms with van der Waals surface area (Å²) >= 11 is 9.43. The molecule has 1 aromatic rings. The van der Waals surface area contributed by atoms with E-state index in [9.17, 15) is 4.79 Å². The van der Waals surface area contributed by atoms with Gasteiger partial charge in [0.05, 0.1) is 6.54 Å². The molecular formula is C14H20BrCl2N3O. The van der Waals surface area contributed by atoms with Gasteiger partial charge < -0.3 is 10.2 Å². The molecule has 0 saturated carbocycles. The Bertz CT molecular complexity index is 481. The molecule has 1 fully saturated rings. The minimum absolute atomic E-state index is 0. The number of benzene rings is 1. The number of nitrogens with zero attached hydrogens (tertiary/aromatic N) is 2. The van der Waals surface area contributed by atoms with Gasteiger partial charge in [-0.25, -0.2) is 0 Å². The Morgan fingerprint density at radius 1 is 1.43 bits per heavy atom. The van der Waals surface area contributed by atoms with Crippen molar-refractivity contribution in [3.8, 4) is 0 Å². The number of nitrogens with one attached hydrogen (secondary N) is 1. The summed E-state index contributed by atoms with van der Waals surface area (Å²) in [5, 5.41) is 3.96. The fourth-order valence-electron chi connectivity index (χ4n) is 2.24. The third-order valence-electron chi connectivity index (χ3n) is 3.33. The van der Waals surface area contributed by atoms with Crippen LogP contribution in [-0.4, -0.2) is 55.5 Å². The van der Waals surface area contributed by atoms with Gasteiger partial charge in [0.15, 0.2) is 0 Å². The highest BCUT2D eigenvalue weighted by Gasteiger charge is 2.17. The predicted octanol–water partition coefficient (Wildman–Crippen LogP) is 2.39. The summed E-state index contributed by atoms with van der Waals surface area (Å²) in [6.45, 7) is 4.54. The van der Waals surface area contributed by atoms with Crippen LogP contribution in [0.25, 0.3) is 0 Å². The first kappa shape index (κ1) is 18.7. The van der Waals surface area contributed by atoms with E-state index < -0.39 is 0 Å². The second-order valence-electron chi connectivity index (χ2n) is 5.04. The average molecular weight is 397 g/mol. The van der Waals surface area contributed by atoms with E-state index in [1.54, 1.807) is 0 Å². The van der Waals surface area contributed by atoms with Gasteiger partial charge in [0, 0.05) is 42.2 Å². The third-order valence-corrected chi connectivity index (χ3v) is 4.30. The quantitative estimate of drug-likeness (QED) is 0.848. The number of rotatable bonds is 4. The highest BCUT2D eigenvalue weighted by atomic mass is 79.9. The molecule has 0 atom stereocenters. The second kappa shape index (κ2) is 8.96. The van der Waals surface area contributed by atoms with Crippen molar-refractivity contribution in [2.45, 2.75) is 6.54 Å². The fourth-order valence-corrected chi connectivity index (χ4v) is 3.05. The zero-order valence-electron chi connectivity index (χ0n) is 11.9. The van der Waals surface area contributed by atoms with Gasteiger partial charge in [-0.1, -0.05) is 33.6 Å². The number of hydrogen-bond donors (Lipinski definition) is 1. The summed E-state index contributed by atoms with van der Waals surface area (Å²) in [4.78, 5) is 16.1. The number of piperazine rings is 1. The normalized spacial score (nSPS) is 15.0. The number of carbonyl (C=O) groups excluding carboxylic acids is 1. The number of carbonyl (C=O) groups is 1. The molecule has 4 nitrogen and oxygen atoms in total. The van der Waals surface area contributed by atoms with E-state index in [1.807, 2.05) is 35.0 Å². The van der Waals surface area contributed by atoms with E-state index in [1.165, 1.54) is 0 Å². The van der Waals surface area contributed by atoms with Gasteiger partial charge in [-0.05, 0) is 24.7 Å². The highest BCUT2D eigenvalue weighted by molar-refractivity contribution is 9.10. The van der Waals surface area contributed by atoms with E-state index >= 15 is 0 Å². The molecule has 1 aliphatic rings. The van der Waals surface area contributed by atoms with E-state index in [0.717, 1.165) is 42.8 Å². The molecule has 21 heavy (non-hydrogen) atoms. The van der Waals surface area contributed by atoms with Crippen LogP contribution in [0.1, 0.15) is 5.56 Å². The number of amides is 1. The smallest absolute Gasteiger partial charge is 0.236 e. The maximum absolute atomic E-state index is 12.2. The Kier molecular flexibility index (Phi) is 7.98. The van der Waals surface area contributed by atoms with Crippen molar-refractivity contribution in [1.82, 2.24) is 15.1 Å². The topological polar surface area (TPSA) is 35.6 Å². The van der Waals surface area contributed by atoms with Crippen molar-refractivity contribution >= 4 is 45.8 Å². The third kappa shape index (κ3) is 5.75. The average Bonchev–Trinajstić information content (AvgIpc) is 2.43. The highest BCUT2D eigenvalue weighted by Crippen LogP contribution is 2.22. The minimum Gasteiger partial charge on any atom is -0.339 e. The van der Waals surface area contributed by atoms with Crippen LogP contribution in [-0.2, 0) is 11.3 Å². The summed E-state index contributed by atoms with van der Waals surface area (Å²) in [6, 6.07) is 5.73. The minimum atomic E-state index is 0. The molecule has 0 radical (unpaired) electrons. The molecule has 0 bridgehead atoms.